The number of fused-ring (bicyclic) bond motifs is 1. The van der Waals surface area contributed by atoms with Gasteiger partial charge in [-0.2, -0.15) is 0 Å². The van der Waals surface area contributed by atoms with E-state index < -0.39 is 28.9 Å². The fourth-order valence-corrected chi connectivity index (χ4v) is 3.85. The Bertz CT molecular complexity index is 889. The largest absolute Gasteiger partial charge is 0.444 e. The van der Waals surface area contributed by atoms with Crippen LogP contribution in [0.25, 0.3) is 0 Å². The van der Waals surface area contributed by atoms with Crippen LogP contribution in [0.15, 0.2) is 24.3 Å². The number of aryl methyl sites for hydroxylation is 1. The summed E-state index contributed by atoms with van der Waals surface area (Å²) in [5, 5.41) is 1.86. The van der Waals surface area contributed by atoms with E-state index >= 15 is 0 Å². The van der Waals surface area contributed by atoms with Gasteiger partial charge in [0.25, 0.3) is 11.1 Å². The van der Waals surface area contributed by atoms with Gasteiger partial charge in [0.1, 0.15) is 11.6 Å². The van der Waals surface area contributed by atoms with E-state index in [1.54, 1.807) is 25.7 Å². The highest BCUT2D eigenvalue weighted by Crippen LogP contribution is 2.27. The number of para-hydroxylation sites is 1. The maximum atomic E-state index is 12.7. The second kappa shape index (κ2) is 13.9. The average Bonchev–Trinajstić information content (AvgIpc) is 2.81. The molecule has 1 heterocycles. The predicted octanol–water partition coefficient (Wildman–Crippen LogP) is 3.15. The number of nitrogens with one attached hydrogen (secondary N) is 3. The molecule has 1 aliphatic rings. The lowest BCUT2D eigenvalue weighted by molar-refractivity contribution is -0.125. The summed E-state index contributed by atoms with van der Waals surface area (Å²) in [5.41, 5.74) is 5.79. The molecule has 0 fully saturated rings. The molecule has 1 aromatic rings. The number of carbonyl (C=O) groups is 4. The van der Waals surface area contributed by atoms with E-state index in [2.05, 4.69) is 16.2 Å². The van der Waals surface area contributed by atoms with Crippen LogP contribution < -0.4 is 21.1 Å². The molecule has 2 rings (SSSR count). The van der Waals surface area contributed by atoms with Crippen LogP contribution in [0.5, 0.6) is 0 Å². The number of benzene rings is 1. The van der Waals surface area contributed by atoms with Gasteiger partial charge >= 0.3 is 6.09 Å². The van der Waals surface area contributed by atoms with Crippen LogP contribution in [0.4, 0.5) is 15.3 Å². The first-order valence-electron chi connectivity index (χ1n) is 11.8. The van der Waals surface area contributed by atoms with Crippen molar-refractivity contribution in [2.45, 2.75) is 65.0 Å². The molecule has 11 heteroatoms. The molecule has 0 aromatic heterocycles. The van der Waals surface area contributed by atoms with Crippen LogP contribution in [0, 0.1) is 0 Å². The van der Waals surface area contributed by atoms with Gasteiger partial charge in [0.2, 0.25) is 5.91 Å². The van der Waals surface area contributed by atoms with Crippen molar-refractivity contribution < 1.29 is 28.7 Å². The second-order valence-corrected chi connectivity index (χ2v) is 10.0. The lowest BCUT2D eigenvalue weighted by atomic mass is 10.0. The molecular weight excluding hydrogens is 472 g/mol. The summed E-state index contributed by atoms with van der Waals surface area (Å²) >= 11 is 0.754. The van der Waals surface area contributed by atoms with Crippen molar-refractivity contribution in [1.29, 1.82) is 0 Å². The molecule has 1 aromatic carbocycles. The molecule has 0 radical (unpaired) electrons. The summed E-state index contributed by atoms with van der Waals surface area (Å²) in [5.74, 6) is -0.925. The lowest BCUT2D eigenvalue weighted by Gasteiger charge is -2.29. The fraction of sp³-hybridized carbons (Fsp3) is 0.583. The SMILES string of the molecule is CCCCOC[C@@H](NC(=O)OC(C)(C)C)C(=O)NNC(=O)SCC(=O)N1CCCc2ccccc21. The van der Waals surface area contributed by atoms with E-state index in [0.717, 1.165) is 48.7 Å². The van der Waals surface area contributed by atoms with Crippen LogP contribution in [-0.4, -0.2) is 60.3 Å². The fourth-order valence-electron chi connectivity index (χ4n) is 3.31. The molecule has 1 aliphatic heterocycles. The third kappa shape index (κ3) is 10.2. The second-order valence-electron chi connectivity index (χ2n) is 9.10. The number of amides is 4. The Morgan fingerprint density at radius 3 is 2.60 bits per heavy atom. The number of ether oxygens (including phenoxy) is 2. The highest BCUT2D eigenvalue weighted by molar-refractivity contribution is 8.14. The molecule has 0 aliphatic carbocycles. The minimum absolute atomic E-state index is 0.0737. The Hall–Kier alpha value is -2.79. The number of thioether (sulfide) groups is 1. The molecule has 0 unspecified atom stereocenters. The van der Waals surface area contributed by atoms with E-state index in [0.29, 0.717) is 13.2 Å². The van der Waals surface area contributed by atoms with Gasteiger partial charge in [0.05, 0.1) is 12.4 Å². The van der Waals surface area contributed by atoms with Crippen molar-refractivity contribution >= 4 is 40.6 Å². The van der Waals surface area contributed by atoms with Gasteiger partial charge in [-0.05, 0) is 51.7 Å². The molecule has 0 spiro atoms. The Morgan fingerprint density at radius 1 is 1.14 bits per heavy atom. The molecular formula is C24H36N4O6S. The number of anilines is 1. The molecule has 1 atom stereocenters. The zero-order valence-corrected chi connectivity index (χ0v) is 21.7. The van der Waals surface area contributed by atoms with E-state index in [1.165, 1.54) is 0 Å². The van der Waals surface area contributed by atoms with E-state index in [4.69, 9.17) is 9.47 Å². The smallest absolute Gasteiger partial charge is 0.408 e. The molecule has 3 N–H and O–H groups in total. The standard InChI is InChI=1S/C24H36N4O6S/c1-5-6-14-33-15-18(25-22(31)34-24(2,3)4)21(30)26-27-23(32)35-16-20(29)28-13-9-11-17-10-7-8-12-19(17)28/h7-8,10,12,18H,5-6,9,11,13-16H2,1-4H3,(H,25,31)(H,26,30)(H,27,32)/t18-/m1/s1. The van der Waals surface area contributed by atoms with Gasteiger partial charge < -0.3 is 19.7 Å². The third-order valence-electron chi connectivity index (χ3n) is 4.96. The number of hydrazine groups is 1. The van der Waals surface area contributed by atoms with Gasteiger partial charge in [-0.15, -0.1) is 0 Å². The zero-order chi connectivity index (χ0) is 25.8. The number of unbranched alkanes of at least 4 members (excludes halogenated alkanes) is 1. The summed E-state index contributed by atoms with van der Waals surface area (Å²) in [6.45, 7) is 8.09. The van der Waals surface area contributed by atoms with Crippen LogP contribution >= 0.6 is 11.8 Å². The van der Waals surface area contributed by atoms with Gasteiger partial charge in [-0.1, -0.05) is 43.3 Å². The first kappa shape index (κ1) is 28.4. The summed E-state index contributed by atoms with van der Waals surface area (Å²) in [6, 6.07) is 6.65. The molecule has 35 heavy (non-hydrogen) atoms. The first-order valence-corrected chi connectivity index (χ1v) is 12.8. The number of carbonyl (C=O) groups excluding carboxylic acids is 4. The molecule has 4 amide bonds. The Kier molecular flexibility index (Phi) is 11.3. The van der Waals surface area contributed by atoms with Crippen LogP contribution in [-0.2, 0) is 25.5 Å². The van der Waals surface area contributed by atoms with Gasteiger partial charge in [-0.25, -0.2) is 4.79 Å². The Balaban J connectivity index is 1.83. The number of rotatable bonds is 9. The Labute approximate surface area is 210 Å². The number of hydrogen-bond donors (Lipinski definition) is 3. The quantitative estimate of drug-likeness (QED) is 0.346. The maximum absolute atomic E-state index is 12.7. The highest BCUT2D eigenvalue weighted by Gasteiger charge is 2.26. The van der Waals surface area contributed by atoms with E-state index in [-0.39, 0.29) is 18.3 Å². The number of alkyl carbamates (subject to hydrolysis) is 1. The van der Waals surface area contributed by atoms with Gasteiger partial charge in [0.15, 0.2) is 0 Å². The first-order chi connectivity index (χ1) is 16.6. The molecule has 0 bridgehead atoms. The van der Waals surface area contributed by atoms with Crippen molar-refractivity contribution in [2.24, 2.45) is 0 Å². The minimum atomic E-state index is -1.07. The van der Waals surface area contributed by atoms with Crippen molar-refractivity contribution in [1.82, 2.24) is 16.2 Å². The molecule has 194 valence electrons. The van der Waals surface area contributed by atoms with Crippen molar-refractivity contribution in [3.8, 4) is 0 Å². The summed E-state index contributed by atoms with van der Waals surface area (Å²) < 4.78 is 10.7. The topological polar surface area (TPSA) is 126 Å². The molecule has 0 saturated heterocycles. The van der Waals surface area contributed by atoms with Gasteiger partial charge in [-0.3, -0.25) is 25.2 Å². The summed E-state index contributed by atoms with van der Waals surface area (Å²) in [7, 11) is 0. The van der Waals surface area contributed by atoms with Crippen molar-refractivity contribution in [2.75, 3.05) is 30.4 Å². The Morgan fingerprint density at radius 2 is 1.89 bits per heavy atom. The number of hydrogen-bond acceptors (Lipinski definition) is 7. The van der Waals surface area contributed by atoms with Crippen molar-refractivity contribution in [3.05, 3.63) is 29.8 Å². The van der Waals surface area contributed by atoms with E-state index in [9.17, 15) is 19.2 Å². The van der Waals surface area contributed by atoms with Crippen LogP contribution in [0.2, 0.25) is 0 Å². The van der Waals surface area contributed by atoms with Crippen LogP contribution in [0.1, 0.15) is 52.5 Å². The van der Waals surface area contributed by atoms with Gasteiger partial charge in [0, 0.05) is 18.8 Å². The lowest BCUT2D eigenvalue weighted by Crippen LogP contribution is -2.54. The van der Waals surface area contributed by atoms with Crippen LogP contribution in [0.3, 0.4) is 0 Å². The van der Waals surface area contributed by atoms with Crippen molar-refractivity contribution in [3.63, 3.8) is 0 Å². The predicted molar refractivity (Wildman–Crippen MR) is 135 cm³/mol. The highest BCUT2D eigenvalue weighted by atomic mass is 32.2. The monoisotopic (exact) mass is 508 g/mol. The molecule has 0 saturated carbocycles. The molecule has 10 nitrogen and oxygen atoms in total. The summed E-state index contributed by atoms with van der Waals surface area (Å²) in [6.07, 6.45) is 2.74. The summed E-state index contributed by atoms with van der Waals surface area (Å²) in [4.78, 5) is 51.3. The van der Waals surface area contributed by atoms with E-state index in [1.807, 2.05) is 31.2 Å². The maximum Gasteiger partial charge on any atom is 0.408 e. The normalized spacial score (nSPS) is 13.9. The minimum Gasteiger partial charge on any atom is -0.444 e. The number of nitrogens with zero attached hydrogens (tertiary/aromatic N) is 1. The third-order valence-corrected chi connectivity index (χ3v) is 5.72. The average molecular weight is 509 g/mol. The zero-order valence-electron chi connectivity index (χ0n) is 20.8.